The lowest BCUT2D eigenvalue weighted by atomic mass is 10.2. The minimum absolute atomic E-state index is 0.000350. The van der Waals surface area contributed by atoms with Crippen LogP contribution in [0.1, 0.15) is 25.7 Å². The van der Waals surface area contributed by atoms with Crippen molar-refractivity contribution in [1.82, 2.24) is 20.0 Å². The minimum atomic E-state index is -0.372. The van der Waals surface area contributed by atoms with Crippen LogP contribution in [-0.2, 0) is 13.2 Å². The summed E-state index contributed by atoms with van der Waals surface area (Å²) in [6, 6.07) is 9.41. The number of nitrogens with zero attached hydrogens (tertiary/aromatic N) is 4. The summed E-state index contributed by atoms with van der Waals surface area (Å²) < 4.78 is 12.4. The Labute approximate surface area is 149 Å². The number of hydrogen-bond donors (Lipinski definition) is 0. The van der Waals surface area contributed by atoms with Crippen molar-refractivity contribution in [3.63, 3.8) is 0 Å². The number of ether oxygens (including phenoxy) is 1. The molecule has 7 nitrogen and oxygen atoms in total. The van der Waals surface area contributed by atoms with Gasteiger partial charge in [0.2, 0.25) is 5.89 Å². The lowest BCUT2D eigenvalue weighted by Gasteiger charge is -2.08. The van der Waals surface area contributed by atoms with Crippen molar-refractivity contribution in [3.8, 4) is 17.2 Å². The highest BCUT2D eigenvalue weighted by molar-refractivity contribution is 6.31. The zero-order valence-corrected chi connectivity index (χ0v) is 14.4. The molecule has 2 heterocycles. The van der Waals surface area contributed by atoms with Crippen molar-refractivity contribution in [2.24, 2.45) is 0 Å². The lowest BCUT2D eigenvalue weighted by molar-refractivity contribution is 0.261. The first-order valence-corrected chi connectivity index (χ1v) is 8.33. The topological polar surface area (TPSA) is 83.0 Å². The normalized spacial score (nSPS) is 10.8. The molecular weight excluding hydrogens is 344 g/mol. The van der Waals surface area contributed by atoms with Crippen LogP contribution in [0.25, 0.3) is 11.5 Å². The molecule has 0 saturated carbocycles. The van der Waals surface area contributed by atoms with Gasteiger partial charge in [0.25, 0.3) is 11.4 Å². The van der Waals surface area contributed by atoms with Crippen LogP contribution in [0.4, 0.5) is 0 Å². The molecule has 0 saturated heterocycles. The number of aryl methyl sites for hydroxylation is 1. The molecule has 2 aromatic heterocycles. The number of rotatable bonds is 7. The molecule has 0 fully saturated rings. The quantitative estimate of drug-likeness (QED) is 0.642. The van der Waals surface area contributed by atoms with Gasteiger partial charge in [-0.15, -0.1) is 10.2 Å². The molecule has 0 radical (unpaired) electrons. The molecule has 0 bridgehead atoms. The van der Waals surface area contributed by atoms with Gasteiger partial charge in [0.1, 0.15) is 0 Å². The third-order valence-corrected chi connectivity index (χ3v) is 3.86. The Morgan fingerprint density at radius 1 is 1.24 bits per heavy atom. The standard InChI is InChI=1S/C17H17ClN4O3/c1-2-3-9-22-17(23)15(18)13(10-19-22)24-11-14-20-21-16(25-14)12-7-5-4-6-8-12/h4-8,10H,2-3,9,11H2,1H3. The highest BCUT2D eigenvalue weighted by Gasteiger charge is 2.13. The lowest BCUT2D eigenvalue weighted by Crippen LogP contribution is -2.23. The second-order valence-corrected chi connectivity index (χ2v) is 5.74. The van der Waals surface area contributed by atoms with Gasteiger partial charge >= 0.3 is 0 Å². The number of benzene rings is 1. The molecule has 0 spiro atoms. The fourth-order valence-corrected chi connectivity index (χ4v) is 2.37. The highest BCUT2D eigenvalue weighted by atomic mass is 35.5. The van der Waals surface area contributed by atoms with Gasteiger partial charge < -0.3 is 9.15 Å². The van der Waals surface area contributed by atoms with Gasteiger partial charge in [-0.05, 0) is 18.6 Å². The monoisotopic (exact) mass is 360 g/mol. The van der Waals surface area contributed by atoms with E-state index in [4.69, 9.17) is 20.8 Å². The largest absolute Gasteiger partial charge is 0.480 e. The number of halogens is 1. The molecule has 0 aliphatic rings. The maximum absolute atomic E-state index is 12.1. The average molecular weight is 361 g/mol. The molecule has 25 heavy (non-hydrogen) atoms. The summed E-state index contributed by atoms with van der Waals surface area (Å²) in [7, 11) is 0. The molecule has 0 amide bonds. The fourth-order valence-electron chi connectivity index (χ4n) is 2.17. The van der Waals surface area contributed by atoms with Gasteiger partial charge in [0.05, 0.1) is 6.20 Å². The van der Waals surface area contributed by atoms with E-state index in [0.29, 0.717) is 12.4 Å². The van der Waals surface area contributed by atoms with Crippen LogP contribution in [0.3, 0.4) is 0 Å². The summed E-state index contributed by atoms with van der Waals surface area (Å²) in [5.41, 5.74) is 0.447. The van der Waals surface area contributed by atoms with Gasteiger partial charge in [-0.1, -0.05) is 43.1 Å². The van der Waals surface area contributed by atoms with Crippen LogP contribution in [0, 0.1) is 0 Å². The van der Waals surface area contributed by atoms with Crippen LogP contribution >= 0.6 is 11.6 Å². The fraction of sp³-hybridized carbons (Fsp3) is 0.294. The summed E-state index contributed by atoms with van der Waals surface area (Å²) in [6.45, 7) is 2.57. The van der Waals surface area contributed by atoms with E-state index >= 15 is 0 Å². The highest BCUT2D eigenvalue weighted by Crippen LogP contribution is 2.21. The summed E-state index contributed by atoms with van der Waals surface area (Å²) in [5, 5.41) is 12.0. The van der Waals surface area contributed by atoms with Crippen LogP contribution in [0.2, 0.25) is 5.02 Å². The van der Waals surface area contributed by atoms with E-state index < -0.39 is 0 Å². The Hall–Kier alpha value is -2.67. The van der Waals surface area contributed by atoms with Gasteiger partial charge in [-0.25, -0.2) is 4.68 Å². The van der Waals surface area contributed by atoms with Gasteiger partial charge in [0.15, 0.2) is 17.4 Å². The summed E-state index contributed by atoms with van der Waals surface area (Å²) in [5.74, 6) is 0.877. The zero-order valence-electron chi connectivity index (χ0n) is 13.7. The molecule has 3 rings (SSSR count). The van der Waals surface area contributed by atoms with Crippen molar-refractivity contribution in [3.05, 3.63) is 57.8 Å². The predicted molar refractivity (Wildman–Crippen MR) is 92.5 cm³/mol. The van der Waals surface area contributed by atoms with Crippen LogP contribution in [0.5, 0.6) is 5.75 Å². The van der Waals surface area contributed by atoms with Crippen molar-refractivity contribution < 1.29 is 9.15 Å². The third kappa shape index (κ3) is 4.06. The number of unbranched alkanes of at least 4 members (excludes halogenated alkanes) is 1. The van der Waals surface area contributed by atoms with E-state index in [1.165, 1.54) is 10.9 Å². The van der Waals surface area contributed by atoms with E-state index in [2.05, 4.69) is 15.3 Å². The van der Waals surface area contributed by atoms with Crippen molar-refractivity contribution >= 4 is 11.6 Å². The second kappa shape index (κ2) is 7.94. The number of hydrogen-bond acceptors (Lipinski definition) is 6. The van der Waals surface area contributed by atoms with Crippen molar-refractivity contribution in [2.45, 2.75) is 32.9 Å². The summed E-state index contributed by atoms with van der Waals surface area (Å²) in [6.07, 6.45) is 3.24. The van der Waals surface area contributed by atoms with E-state index in [1.54, 1.807) is 0 Å². The van der Waals surface area contributed by atoms with Crippen LogP contribution in [-0.4, -0.2) is 20.0 Å². The molecule has 1 aromatic carbocycles. The molecule has 0 aliphatic heterocycles. The van der Waals surface area contributed by atoms with E-state index in [-0.39, 0.29) is 28.8 Å². The Morgan fingerprint density at radius 3 is 2.80 bits per heavy atom. The molecule has 130 valence electrons. The molecule has 0 aliphatic carbocycles. The van der Waals surface area contributed by atoms with Gasteiger partial charge in [0, 0.05) is 12.1 Å². The van der Waals surface area contributed by atoms with Gasteiger partial charge in [-0.2, -0.15) is 5.10 Å². The first kappa shape index (κ1) is 17.2. The maximum atomic E-state index is 12.1. The van der Waals surface area contributed by atoms with E-state index in [9.17, 15) is 4.79 Å². The van der Waals surface area contributed by atoms with Crippen molar-refractivity contribution in [1.29, 1.82) is 0 Å². The summed E-state index contributed by atoms with van der Waals surface area (Å²) >= 11 is 6.08. The predicted octanol–water partition coefficient (Wildman–Crippen LogP) is 3.33. The van der Waals surface area contributed by atoms with E-state index in [0.717, 1.165) is 18.4 Å². The molecule has 3 aromatic rings. The second-order valence-electron chi connectivity index (χ2n) is 5.36. The summed E-state index contributed by atoms with van der Waals surface area (Å²) in [4.78, 5) is 12.1. The molecular formula is C17H17ClN4O3. The van der Waals surface area contributed by atoms with Gasteiger partial charge in [-0.3, -0.25) is 4.79 Å². The molecule has 8 heteroatoms. The maximum Gasteiger partial charge on any atom is 0.289 e. The Kier molecular flexibility index (Phi) is 5.45. The first-order chi connectivity index (χ1) is 12.2. The Morgan fingerprint density at radius 2 is 2.04 bits per heavy atom. The first-order valence-electron chi connectivity index (χ1n) is 7.95. The molecule has 0 unspecified atom stereocenters. The zero-order chi connectivity index (χ0) is 17.6. The SMILES string of the molecule is CCCCn1ncc(OCc2nnc(-c3ccccc3)o2)c(Cl)c1=O. The van der Waals surface area contributed by atoms with Crippen LogP contribution < -0.4 is 10.3 Å². The van der Waals surface area contributed by atoms with Crippen molar-refractivity contribution in [2.75, 3.05) is 0 Å². The third-order valence-electron chi connectivity index (χ3n) is 3.52. The number of aromatic nitrogens is 4. The Balaban J connectivity index is 1.69. The Bertz CT molecular complexity index is 892. The van der Waals surface area contributed by atoms with E-state index in [1.807, 2.05) is 37.3 Å². The van der Waals surface area contributed by atoms with Crippen LogP contribution in [0.15, 0.2) is 45.7 Å². The molecule has 0 atom stereocenters. The molecule has 0 N–H and O–H groups in total. The minimum Gasteiger partial charge on any atom is -0.480 e. The average Bonchev–Trinajstić information content (AvgIpc) is 3.12. The smallest absolute Gasteiger partial charge is 0.289 e.